The van der Waals surface area contributed by atoms with E-state index in [1.807, 2.05) is 13.0 Å². The summed E-state index contributed by atoms with van der Waals surface area (Å²) in [6.45, 7) is 3.67. The molecule has 0 unspecified atom stereocenters. The number of halogens is 1. The highest BCUT2D eigenvalue weighted by Crippen LogP contribution is 2.32. The number of morpholine rings is 1. The first-order chi connectivity index (χ1) is 14.0. The summed E-state index contributed by atoms with van der Waals surface area (Å²) in [5, 5.41) is 0.981. The first-order valence-corrected chi connectivity index (χ1v) is 9.72. The standard InChI is InChI=1S/C22H20ClNO5/c1-14-2-7-18-17(12-14)20(26)22(21(29-18)15-3-5-16(23)6-4-15)28-13-19(25)24-8-10-27-11-9-24/h2-7,12H,8-11,13H2,1H3. The van der Waals surface area contributed by atoms with Crippen molar-refractivity contribution in [2.75, 3.05) is 32.9 Å². The second-order valence-electron chi connectivity index (χ2n) is 6.88. The van der Waals surface area contributed by atoms with Crippen LogP contribution in [0.1, 0.15) is 5.56 Å². The second-order valence-corrected chi connectivity index (χ2v) is 7.31. The molecule has 0 N–H and O–H groups in total. The molecule has 0 atom stereocenters. The molecule has 4 rings (SSSR count). The lowest BCUT2D eigenvalue weighted by Crippen LogP contribution is -2.43. The average molecular weight is 414 g/mol. The molecular formula is C22H20ClNO5. The maximum absolute atomic E-state index is 13.2. The van der Waals surface area contributed by atoms with E-state index >= 15 is 0 Å². The topological polar surface area (TPSA) is 69.0 Å². The summed E-state index contributed by atoms with van der Waals surface area (Å²) in [6.07, 6.45) is 0. The zero-order valence-electron chi connectivity index (χ0n) is 15.9. The highest BCUT2D eigenvalue weighted by molar-refractivity contribution is 6.30. The molecule has 1 fully saturated rings. The molecule has 2 heterocycles. The number of nitrogens with zero attached hydrogens (tertiary/aromatic N) is 1. The van der Waals surface area contributed by atoms with Crippen molar-refractivity contribution in [1.82, 2.24) is 4.90 Å². The van der Waals surface area contributed by atoms with Crippen LogP contribution in [0.4, 0.5) is 0 Å². The molecule has 2 aromatic carbocycles. The van der Waals surface area contributed by atoms with E-state index in [1.54, 1.807) is 41.3 Å². The Morgan fingerprint density at radius 2 is 1.86 bits per heavy atom. The molecule has 0 aliphatic carbocycles. The monoisotopic (exact) mass is 413 g/mol. The average Bonchev–Trinajstić information content (AvgIpc) is 2.74. The zero-order valence-corrected chi connectivity index (χ0v) is 16.7. The Balaban J connectivity index is 1.74. The van der Waals surface area contributed by atoms with E-state index in [-0.39, 0.29) is 29.5 Å². The fourth-order valence-corrected chi connectivity index (χ4v) is 3.38. The summed E-state index contributed by atoms with van der Waals surface area (Å²) >= 11 is 5.99. The van der Waals surface area contributed by atoms with Crippen LogP contribution in [0.3, 0.4) is 0 Å². The predicted molar refractivity (Wildman–Crippen MR) is 111 cm³/mol. The number of hydrogen-bond acceptors (Lipinski definition) is 5. The van der Waals surface area contributed by atoms with Gasteiger partial charge in [0.1, 0.15) is 5.58 Å². The van der Waals surface area contributed by atoms with E-state index in [2.05, 4.69) is 0 Å². The number of carbonyl (C=O) groups excluding carboxylic acids is 1. The summed E-state index contributed by atoms with van der Waals surface area (Å²) in [5.74, 6) is 0.101. The van der Waals surface area contributed by atoms with Crippen molar-refractivity contribution < 1.29 is 18.7 Å². The Labute approximate surface area is 172 Å². The Bertz CT molecular complexity index is 1100. The van der Waals surface area contributed by atoms with Crippen molar-refractivity contribution in [2.24, 2.45) is 0 Å². The van der Waals surface area contributed by atoms with Gasteiger partial charge in [-0.2, -0.15) is 0 Å². The molecule has 7 heteroatoms. The molecule has 0 saturated carbocycles. The van der Waals surface area contributed by atoms with E-state index in [4.69, 9.17) is 25.5 Å². The first kappa shape index (κ1) is 19.5. The van der Waals surface area contributed by atoms with Crippen LogP contribution >= 0.6 is 11.6 Å². The number of rotatable bonds is 4. The molecule has 1 amide bonds. The van der Waals surface area contributed by atoms with Crippen LogP contribution in [0.2, 0.25) is 5.02 Å². The third kappa shape index (κ3) is 4.13. The Hall–Kier alpha value is -2.83. The van der Waals surface area contributed by atoms with Crippen LogP contribution < -0.4 is 10.2 Å². The van der Waals surface area contributed by atoms with E-state index in [1.165, 1.54) is 0 Å². The number of carbonyl (C=O) groups is 1. The number of amides is 1. The summed E-state index contributed by atoms with van der Waals surface area (Å²) in [4.78, 5) is 27.3. The molecule has 1 aliphatic heterocycles. The fraction of sp³-hybridized carbons (Fsp3) is 0.273. The molecule has 0 radical (unpaired) electrons. The van der Waals surface area contributed by atoms with Crippen LogP contribution in [-0.2, 0) is 9.53 Å². The fourth-order valence-electron chi connectivity index (χ4n) is 3.25. The van der Waals surface area contributed by atoms with Gasteiger partial charge in [-0.05, 0) is 43.3 Å². The lowest BCUT2D eigenvalue weighted by molar-refractivity contribution is -0.137. The van der Waals surface area contributed by atoms with Crippen LogP contribution in [0.5, 0.6) is 5.75 Å². The van der Waals surface area contributed by atoms with Gasteiger partial charge in [0.25, 0.3) is 5.91 Å². The van der Waals surface area contributed by atoms with Crippen molar-refractivity contribution in [3.8, 4) is 17.1 Å². The van der Waals surface area contributed by atoms with E-state index < -0.39 is 0 Å². The highest BCUT2D eigenvalue weighted by Gasteiger charge is 2.22. The highest BCUT2D eigenvalue weighted by atomic mass is 35.5. The number of hydrogen-bond donors (Lipinski definition) is 0. The molecular weight excluding hydrogens is 394 g/mol. The maximum Gasteiger partial charge on any atom is 0.260 e. The minimum atomic E-state index is -0.310. The molecule has 0 spiro atoms. The Morgan fingerprint density at radius 3 is 2.59 bits per heavy atom. The third-order valence-corrected chi connectivity index (χ3v) is 5.07. The molecule has 1 aliphatic rings. The van der Waals surface area contributed by atoms with Crippen molar-refractivity contribution in [2.45, 2.75) is 6.92 Å². The summed E-state index contributed by atoms with van der Waals surface area (Å²) in [6, 6.07) is 12.3. The smallest absolute Gasteiger partial charge is 0.260 e. The Kier molecular flexibility index (Phi) is 5.56. The van der Waals surface area contributed by atoms with Gasteiger partial charge in [-0.25, -0.2) is 0 Å². The molecule has 1 aromatic heterocycles. The van der Waals surface area contributed by atoms with Crippen LogP contribution in [-0.4, -0.2) is 43.7 Å². The molecule has 0 bridgehead atoms. The summed E-state index contributed by atoms with van der Waals surface area (Å²) in [7, 11) is 0. The van der Waals surface area contributed by atoms with Crippen molar-refractivity contribution in [3.63, 3.8) is 0 Å². The van der Waals surface area contributed by atoms with Gasteiger partial charge in [-0.15, -0.1) is 0 Å². The van der Waals surface area contributed by atoms with Crippen LogP contribution in [0.25, 0.3) is 22.3 Å². The number of fused-ring (bicyclic) bond motifs is 1. The minimum absolute atomic E-state index is 0.0204. The predicted octanol–water partition coefficient (Wildman–Crippen LogP) is 3.66. The zero-order chi connectivity index (χ0) is 20.4. The number of ether oxygens (including phenoxy) is 2. The lowest BCUT2D eigenvalue weighted by Gasteiger charge is -2.26. The first-order valence-electron chi connectivity index (χ1n) is 9.34. The molecule has 3 aromatic rings. The van der Waals surface area contributed by atoms with Gasteiger partial charge in [0.15, 0.2) is 12.4 Å². The molecule has 6 nitrogen and oxygen atoms in total. The van der Waals surface area contributed by atoms with Gasteiger partial charge in [0, 0.05) is 23.7 Å². The summed E-state index contributed by atoms with van der Waals surface area (Å²) < 4.78 is 17.0. The maximum atomic E-state index is 13.2. The van der Waals surface area contributed by atoms with Crippen molar-refractivity contribution in [1.29, 1.82) is 0 Å². The molecule has 150 valence electrons. The summed E-state index contributed by atoms with van der Waals surface area (Å²) in [5.41, 5.74) is 1.72. The van der Waals surface area contributed by atoms with Gasteiger partial charge < -0.3 is 18.8 Å². The molecule has 1 saturated heterocycles. The Morgan fingerprint density at radius 1 is 1.14 bits per heavy atom. The third-order valence-electron chi connectivity index (χ3n) is 4.81. The van der Waals surface area contributed by atoms with E-state index in [9.17, 15) is 9.59 Å². The number of benzene rings is 2. The number of aryl methyl sites for hydroxylation is 1. The van der Waals surface area contributed by atoms with Gasteiger partial charge in [-0.1, -0.05) is 23.2 Å². The van der Waals surface area contributed by atoms with Gasteiger partial charge in [0.2, 0.25) is 11.2 Å². The van der Waals surface area contributed by atoms with Crippen molar-refractivity contribution >= 4 is 28.5 Å². The van der Waals surface area contributed by atoms with Gasteiger partial charge in [0.05, 0.1) is 18.6 Å². The van der Waals surface area contributed by atoms with Crippen LogP contribution in [0, 0.1) is 6.92 Å². The van der Waals surface area contributed by atoms with Crippen LogP contribution in [0.15, 0.2) is 51.7 Å². The van der Waals surface area contributed by atoms with E-state index in [0.717, 1.165) is 5.56 Å². The van der Waals surface area contributed by atoms with E-state index in [0.29, 0.717) is 47.9 Å². The largest absolute Gasteiger partial charge is 0.476 e. The van der Waals surface area contributed by atoms with Crippen molar-refractivity contribution in [3.05, 3.63) is 63.3 Å². The molecule has 29 heavy (non-hydrogen) atoms. The van der Waals surface area contributed by atoms with Gasteiger partial charge in [-0.3, -0.25) is 9.59 Å². The van der Waals surface area contributed by atoms with Gasteiger partial charge >= 0.3 is 0 Å². The SMILES string of the molecule is Cc1ccc2oc(-c3ccc(Cl)cc3)c(OCC(=O)N3CCOCC3)c(=O)c2c1. The minimum Gasteiger partial charge on any atom is -0.476 e. The lowest BCUT2D eigenvalue weighted by atomic mass is 10.1. The second kappa shape index (κ2) is 8.27. The quantitative estimate of drug-likeness (QED) is 0.653. The normalized spacial score (nSPS) is 14.2.